The smallest absolute Gasteiger partial charge is 0.227 e. The summed E-state index contributed by atoms with van der Waals surface area (Å²) in [5, 5.41) is 0. The van der Waals surface area contributed by atoms with Crippen LogP contribution in [-0.2, 0) is 16.0 Å². The first-order chi connectivity index (χ1) is 12.2. The molecule has 0 saturated carbocycles. The average Bonchev–Trinajstić information content (AvgIpc) is 2.68. The maximum absolute atomic E-state index is 12.4. The molecule has 25 heavy (non-hydrogen) atoms. The molecule has 2 saturated heterocycles. The first kappa shape index (κ1) is 17.9. The van der Waals surface area contributed by atoms with Crippen molar-refractivity contribution in [3.63, 3.8) is 0 Å². The summed E-state index contributed by atoms with van der Waals surface area (Å²) in [6.45, 7) is 5.95. The van der Waals surface area contributed by atoms with Crippen molar-refractivity contribution in [2.24, 2.45) is 0 Å². The lowest BCUT2D eigenvalue weighted by Crippen LogP contribution is -2.50. The number of piperidine rings is 1. The Hall–Kier alpha value is -1.88. The third kappa shape index (κ3) is 5.30. The number of likely N-dealkylation sites (tertiary alicyclic amines) is 1. The van der Waals surface area contributed by atoms with Crippen LogP contribution in [0.15, 0.2) is 30.3 Å². The van der Waals surface area contributed by atoms with Crippen molar-refractivity contribution in [2.75, 3.05) is 45.8 Å². The molecule has 2 heterocycles. The maximum atomic E-state index is 12.4. The van der Waals surface area contributed by atoms with Gasteiger partial charge in [-0.15, -0.1) is 0 Å². The van der Waals surface area contributed by atoms with Crippen LogP contribution in [-0.4, -0.2) is 72.3 Å². The molecule has 2 aliphatic heterocycles. The van der Waals surface area contributed by atoms with Crippen LogP contribution in [0, 0.1) is 0 Å². The summed E-state index contributed by atoms with van der Waals surface area (Å²) >= 11 is 0. The number of carbonyl (C=O) groups is 2. The van der Waals surface area contributed by atoms with Crippen LogP contribution >= 0.6 is 0 Å². The van der Waals surface area contributed by atoms with Gasteiger partial charge in [0.25, 0.3) is 0 Å². The first-order valence-corrected chi connectivity index (χ1v) is 9.54. The second-order valence-corrected chi connectivity index (χ2v) is 7.08. The number of amides is 2. The van der Waals surface area contributed by atoms with Crippen LogP contribution in [0.5, 0.6) is 0 Å². The van der Waals surface area contributed by atoms with Gasteiger partial charge in [0, 0.05) is 52.2 Å². The van der Waals surface area contributed by atoms with Gasteiger partial charge in [0.1, 0.15) is 0 Å². The Labute approximate surface area is 150 Å². The Morgan fingerprint density at radius 1 is 0.760 bits per heavy atom. The van der Waals surface area contributed by atoms with Crippen LogP contribution in [0.2, 0.25) is 0 Å². The average molecular weight is 343 g/mol. The largest absolute Gasteiger partial charge is 0.343 e. The molecule has 1 aromatic rings. The Bertz CT molecular complexity index is 562. The van der Waals surface area contributed by atoms with Gasteiger partial charge in [-0.3, -0.25) is 14.5 Å². The van der Waals surface area contributed by atoms with E-state index in [1.807, 2.05) is 40.1 Å². The fraction of sp³-hybridized carbons (Fsp3) is 0.600. The van der Waals surface area contributed by atoms with Gasteiger partial charge >= 0.3 is 0 Å². The quantitative estimate of drug-likeness (QED) is 0.818. The van der Waals surface area contributed by atoms with E-state index in [9.17, 15) is 9.59 Å². The highest BCUT2D eigenvalue weighted by atomic mass is 16.2. The van der Waals surface area contributed by atoms with Gasteiger partial charge in [-0.1, -0.05) is 30.3 Å². The normalized spacial score (nSPS) is 19.0. The number of benzene rings is 1. The highest BCUT2D eigenvalue weighted by Gasteiger charge is 2.22. The minimum Gasteiger partial charge on any atom is -0.343 e. The molecule has 2 amide bonds. The molecule has 5 heteroatoms. The molecule has 2 fully saturated rings. The lowest BCUT2D eigenvalue weighted by molar-refractivity contribution is -0.134. The summed E-state index contributed by atoms with van der Waals surface area (Å²) < 4.78 is 0. The minimum absolute atomic E-state index is 0.204. The van der Waals surface area contributed by atoms with Crippen LogP contribution < -0.4 is 0 Å². The van der Waals surface area contributed by atoms with Gasteiger partial charge in [-0.05, 0) is 24.8 Å². The van der Waals surface area contributed by atoms with Crippen LogP contribution in [0.3, 0.4) is 0 Å². The van der Waals surface area contributed by atoms with E-state index in [4.69, 9.17) is 0 Å². The zero-order valence-corrected chi connectivity index (χ0v) is 15.0. The van der Waals surface area contributed by atoms with Crippen molar-refractivity contribution >= 4 is 11.8 Å². The third-order valence-electron chi connectivity index (χ3n) is 5.27. The first-order valence-electron chi connectivity index (χ1n) is 9.54. The van der Waals surface area contributed by atoms with Crippen molar-refractivity contribution in [3.05, 3.63) is 35.9 Å². The molecule has 0 atom stereocenters. The van der Waals surface area contributed by atoms with Crippen molar-refractivity contribution in [1.82, 2.24) is 14.7 Å². The number of rotatable bonds is 5. The summed E-state index contributed by atoms with van der Waals surface area (Å²) in [6.07, 6.45) is 4.64. The molecular formula is C20H29N3O2. The fourth-order valence-corrected chi connectivity index (χ4v) is 3.66. The zero-order chi connectivity index (χ0) is 17.5. The van der Waals surface area contributed by atoms with E-state index < -0.39 is 0 Å². The van der Waals surface area contributed by atoms with Gasteiger partial charge in [-0.25, -0.2) is 0 Å². The van der Waals surface area contributed by atoms with E-state index in [1.165, 1.54) is 6.42 Å². The molecule has 0 unspecified atom stereocenters. The topological polar surface area (TPSA) is 43.9 Å². The number of hydrogen-bond donors (Lipinski definition) is 0. The fourth-order valence-electron chi connectivity index (χ4n) is 3.66. The predicted octanol–water partition coefficient (Wildman–Crippen LogP) is 1.78. The SMILES string of the molecule is O=C(CCN1CCN(C(=O)Cc2ccccc2)CC1)N1CCCCC1. The van der Waals surface area contributed by atoms with E-state index in [2.05, 4.69) is 4.90 Å². The second-order valence-electron chi connectivity index (χ2n) is 7.08. The van der Waals surface area contributed by atoms with E-state index in [0.717, 1.165) is 64.2 Å². The summed E-state index contributed by atoms with van der Waals surface area (Å²) in [7, 11) is 0. The maximum Gasteiger partial charge on any atom is 0.227 e. The summed E-state index contributed by atoms with van der Waals surface area (Å²) in [5.41, 5.74) is 1.07. The molecule has 5 nitrogen and oxygen atoms in total. The van der Waals surface area contributed by atoms with Crippen molar-refractivity contribution in [2.45, 2.75) is 32.1 Å². The van der Waals surface area contributed by atoms with Gasteiger partial charge in [0.05, 0.1) is 6.42 Å². The molecule has 0 N–H and O–H groups in total. The third-order valence-corrected chi connectivity index (χ3v) is 5.27. The molecule has 0 radical (unpaired) electrons. The molecule has 1 aromatic carbocycles. The Morgan fingerprint density at radius 3 is 2.08 bits per heavy atom. The lowest BCUT2D eigenvalue weighted by atomic mass is 10.1. The number of piperazine rings is 1. The number of nitrogens with zero attached hydrogens (tertiary/aromatic N) is 3. The second kappa shape index (κ2) is 8.99. The van der Waals surface area contributed by atoms with E-state index in [0.29, 0.717) is 18.7 Å². The Morgan fingerprint density at radius 2 is 1.40 bits per heavy atom. The molecule has 136 valence electrons. The van der Waals surface area contributed by atoms with Crippen LogP contribution in [0.1, 0.15) is 31.2 Å². The number of carbonyl (C=O) groups excluding carboxylic acids is 2. The molecule has 2 aliphatic rings. The van der Waals surface area contributed by atoms with Gasteiger partial charge in [0.2, 0.25) is 11.8 Å². The minimum atomic E-state index is 0.204. The zero-order valence-electron chi connectivity index (χ0n) is 15.0. The molecule has 0 spiro atoms. The van der Waals surface area contributed by atoms with E-state index in [-0.39, 0.29) is 5.91 Å². The predicted molar refractivity (Wildman–Crippen MR) is 98.2 cm³/mol. The van der Waals surface area contributed by atoms with Gasteiger partial charge in [-0.2, -0.15) is 0 Å². The highest BCUT2D eigenvalue weighted by Crippen LogP contribution is 2.11. The van der Waals surface area contributed by atoms with E-state index in [1.54, 1.807) is 0 Å². The van der Waals surface area contributed by atoms with Gasteiger partial charge in [0.15, 0.2) is 0 Å². The molecule has 0 bridgehead atoms. The van der Waals surface area contributed by atoms with Crippen LogP contribution in [0.25, 0.3) is 0 Å². The number of hydrogen-bond acceptors (Lipinski definition) is 3. The highest BCUT2D eigenvalue weighted by molar-refractivity contribution is 5.79. The monoisotopic (exact) mass is 343 g/mol. The Kier molecular flexibility index (Phi) is 6.45. The lowest BCUT2D eigenvalue weighted by Gasteiger charge is -2.35. The Balaban J connectivity index is 1.36. The molecule has 0 aliphatic carbocycles. The van der Waals surface area contributed by atoms with Crippen LogP contribution in [0.4, 0.5) is 0 Å². The van der Waals surface area contributed by atoms with Crippen molar-refractivity contribution in [3.8, 4) is 0 Å². The van der Waals surface area contributed by atoms with E-state index >= 15 is 0 Å². The molecule has 0 aromatic heterocycles. The molecular weight excluding hydrogens is 314 g/mol. The van der Waals surface area contributed by atoms with Gasteiger partial charge < -0.3 is 9.80 Å². The standard InChI is InChI=1S/C20H29N3O2/c24-19(22-10-5-2-6-11-22)9-12-21-13-15-23(16-14-21)20(25)17-18-7-3-1-4-8-18/h1,3-4,7-8H,2,5-6,9-17H2. The summed E-state index contributed by atoms with van der Waals surface area (Å²) in [4.78, 5) is 30.9. The molecule has 3 rings (SSSR count). The van der Waals surface area contributed by atoms with Crippen molar-refractivity contribution < 1.29 is 9.59 Å². The van der Waals surface area contributed by atoms with Crippen molar-refractivity contribution in [1.29, 1.82) is 0 Å². The summed E-state index contributed by atoms with van der Waals surface area (Å²) in [5.74, 6) is 0.498. The summed E-state index contributed by atoms with van der Waals surface area (Å²) in [6, 6.07) is 9.92.